The van der Waals surface area contributed by atoms with Gasteiger partial charge in [-0.15, -0.1) is 0 Å². The third-order valence-corrected chi connectivity index (χ3v) is 11.5. The number of carbonyl (C=O) groups excluding carboxylic acids is 2. The molecule has 0 aromatic carbocycles. The van der Waals surface area contributed by atoms with Crippen molar-refractivity contribution >= 4 is 11.6 Å². The topological polar surface area (TPSA) is 54.4 Å². The van der Waals surface area contributed by atoms with Crippen LogP contribution in [-0.2, 0) is 9.59 Å². The second kappa shape index (κ2) is 8.04. The summed E-state index contributed by atoms with van der Waals surface area (Å²) >= 11 is 0. The van der Waals surface area contributed by atoms with Gasteiger partial charge in [0.15, 0.2) is 11.6 Å². The van der Waals surface area contributed by atoms with Crippen LogP contribution in [0.1, 0.15) is 113 Å². The number of Topliss-reactive ketones (excluding diaryl/α,β-unsaturated/α-hetero) is 2. The molecule has 0 aliphatic heterocycles. The van der Waals surface area contributed by atoms with Crippen LogP contribution in [0, 0.1) is 45.3 Å². The first-order chi connectivity index (χ1) is 15.2. The second-order valence-electron chi connectivity index (χ2n) is 14.0. The second-order valence-corrected chi connectivity index (χ2v) is 14.0. The van der Waals surface area contributed by atoms with Crippen molar-refractivity contribution in [2.75, 3.05) is 0 Å². The smallest absolute Gasteiger partial charge is 0.160 e. The molecule has 4 aliphatic rings. The van der Waals surface area contributed by atoms with Crippen LogP contribution < -0.4 is 0 Å². The normalized spacial score (nSPS) is 43.4. The van der Waals surface area contributed by atoms with Crippen LogP contribution in [0.25, 0.3) is 0 Å². The van der Waals surface area contributed by atoms with Gasteiger partial charge in [-0.05, 0) is 60.2 Å². The lowest BCUT2D eigenvalue weighted by Gasteiger charge is -2.60. The lowest BCUT2D eigenvalue weighted by molar-refractivity contribution is -0.141. The molecule has 0 bridgehead atoms. The Morgan fingerprint density at radius 2 is 1.58 bits per heavy atom. The lowest BCUT2D eigenvalue weighted by atomic mass is 9.43. The summed E-state index contributed by atoms with van der Waals surface area (Å²) in [5.41, 5.74) is 0.780. The van der Waals surface area contributed by atoms with Gasteiger partial charge < -0.3 is 5.11 Å². The van der Waals surface area contributed by atoms with Crippen LogP contribution in [0.2, 0.25) is 0 Å². The molecule has 7 atom stereocenters. The van der Waals surface area contributed by atoms with Crippen LogP contribution in [0.4, 0.5) is 0 Å². The Kier molecular flexibility index (Phi) is 6.12. The Bertz CT molecular complexity index is 866. The molecule has 0 amide bonds. The molecule has 0 spiro atoms. The number of aliphatic hydroxyl groups excluding tert-OH is 1. The molecular formula is C30H48O3. The van der Waals surface area contributed by atoms with Gasteiger partial charge >= 0.3 is 0 Å². The number of fused-ring (bicyclic) bond motifs is 4. The fraction of sp³-hybridized carbons (Fsp3) is 0.867. The Morgan fingerprint density at radius 1 is 0.909 bits per heavy atom. The summed E-state index contributed by atoms with van der Waals surface area (Å²) in [7, 11) is 0. The molecule has 4 aliphatic carbocycles. The van der Waals surface area contributed by atoms with Gasteiger partial charge in [0.2, 0.25) is 0 Å². The van der Waals surface area contributed by atoms with Gasteiger partial charge in [-0.1, -0.05) is 74.7 Å². The van der Waals surface area contributed by atoms with Crippen molar-refractivity contribution in [3.05, 3.63) is 11.1 Å². The van der Waals surface area contributed by atoms with E-state index in [1.807, 2.05) is 0 Å². The van der Waals surface area contributed by atoms with Gasteiger partial charge in [-0.3, -0.25) is 9.59 Å². The van der Waals surface area contributed by atoms with Crippen molar-refractivity contribution in [2.45, 2.75) is 119 Å². The molecule has 0 heterocycles. The lowest BCUT2D eigenvalue weighted by Crippen LogP contribution is -2.59. The largest absolute Gasteiger partial charge is 0.393 e. The van der Waals surface area contributed by atoms with E-state index in [9.17, 15) is 14.7 Å². The monoisotopic (exact) mass is 456 g/mol. The molecule has 0 unspecified atom stereocenters. The molecule has 3 heteroatoms. The first-order valence-electron chi connectivity index (χ1n) is 13.7. The molecule has 0 aromatic heterocycles. The molecule has 186 valence electrons. The summed E-state index contributed by atoms with van der Waals surface area (Å²) in [6.07, 6.45) is 8.04. The Morgan fingerprint density at radius 3 is 2.21 bits per heavy atom. The Balaban J connectivity index is 1.74. The molecule has 33 heavy (non-hydrogen) atoms. The molecular weight excluding hydrogens is 408 g/mol. The average Bonchev–Trinajstić information content (AvgIpc) is 2.97. The van der Waals surface area contributed by atoms with E-state index in [0.29, 0.717) is 31.1 Å². The summed E-state index contributed by atoms with van der Waals surface area (Å²) < 4.78 is 0. The van der Waals surface area contributed by atoms with Crippen molar-refractivity contribution in [1.82, 2.24) is 0 Å². The van der Waals surface area contributed by atoms with E-state index >= 15 is 0 Å². The number of allylic oxidation sites excluding steroid dienone is 2. The maximum Gasteiger partial charge on any atom is 0.160 e. The van der Waals surface area contributed by atoms with Crippen LogP contribution >= 0.6 is 0 Å². The van der Waals surface area contributed by atoms with E-state index in [2.05, 4.69) is 55.4 Å². The standard InChI is InChI=1S/C30H48O3/c1-18(2)10-9-11-19(3)20-12-15-29(7)26-21(31)16-23-27(4,5)24(33)13-14-28(23,6)25(26)22(32)17-30(20,29)8/h18-20,23-24,33H,9-17H2,1-8H3/t19-,20-,23+,24-,28+,29+,30+/m0/s1. The summed E-state index contributed by atoms with van der Waals surface area (Å²) in [6.45, 7) is 18.1. The number of rotatable bonds is 5. The molecule has 0 aromatic rings. The highest BCUT2D eigenvalue weighted by Crippen LogP contribution is 2.71. The predicted molar refractivity (Wildman–Crippen MR) is 134 cm³/mol. The van der Waals surface area contributed by atoms with E-state index in [0.717, 1.165) is 36.3 Å². The highest BCUT2D eigenvalue weighted by molar-refractivity contribution is 6.11. The van der Waals surface area contributed by atoms with Gasteiger partial charge in [-0.2, -0.15) is 0 Å². The third-order valence-electron chi connectivity index (χ3n) is 11.5. The summed E-state index contributed by atoms with van der Waals surface area (Å²) in [6, 6.07) is 0. The number of hydrogen-bond donors (Lipinski definition) is 1. The van der Waals surface area contributed by atoms with E-state index in [1.54, 1.807) is 0 Å². The van der Waals surface area contributed by atoms with Crippen molar-refractivity contribution in [3.63, 3.8) is 0 Å². The first-order valence-corrected chi connectivity index (χ1v) is 13.7. The first kappa shape index (κ1) is 25.1. The Hall–Kier alpha value is -0.960. The third kappa shape index (κ3) is 3.46. The van der Waals surface area contributed by atoms with Gasteiger partial charge in [0.25, 0.3) is 0 Å². The molecule has 0 radical (unpaired) electrons. The molecule has 0 saturated heterocycles. The minimum absolute atomic E-state index is 0.0315. The van der Waals surface area contributed by atoms with Gasteiger partial charge in [-0.25, -0.2) is 0 Å². The van der Waals surface area contributed by atoms with Gasteiger partial charge in [0.1, 0.15) is 0 Å². The van der Waals surface area contributed by atoms with Crippen molar-refractivity contribution < 1.29 is 14.7 Å². The molecule has 4 rings (SSSR count). The minimum Gasteiger partial charge on any atom is -0.393 e. The van der Waals surface area contributed by atoms with Gasteiger partial charge in [0, 0.05) is 34.8 Å². The Labute approximate surface area is 202 Å². The SMILES string of the molecule is CC(C)CCC[C@H](C)[C@@H]1CC[C@]2(C)C3=C(C(=O)C[C@]12C)[C@]1(C)CC[C@H](O)C(C)(C)[C@H]1CC3=O. The van der Waals surface area contributed by atoms with Crippen molar-refractivity contribution in [2.24, 2.45) is 45.3 Å². The van der Waals surface area contributed by atoms with E-state index in [4.69, 9.17) is 0 Å². The van der Waals surface area contributed by atoms with E-state index < -0.39 is 6.10 Å². The molecule has 1 N–H and O–H groups in total. The molecule has 3 nitrogen and oxygen atoms in total. The molecule has 2 fully saturated rings. The maximum atomic E-state index is 14.0. The summed E-state index contributed by atoms with van der Waals surface area (Å²) in [5, 5.41) is 10.8. The van der Waals surface area contributed by atoms with Gasteiger partial charge in [0.05, 0.1) is 6.10 Å². The minimum atomic E-state index is -0.410. The summed E-state index contributed by atoms with van der Waals surface area (Å²) in [5.74, 6) is 2.27. The quantitative estimate of drug-likeness (QED) is 0.488. The molecule has 2 saturated carbocycles. The number of carbonyl (C=O) groups is 2. The van der Waals surface area contributed by atoms with Crippen LogP contribution in [0.15, 0.2) is 11.1 Å². The van der Waals surface area contributed by atoms with Crippen LogP contribution in [0.5, 0.6) is 0 Å². The highest BCUT2D eigenvalue weighted by Gasteiger charge is 2.67. The predicted octanol–water partition coefficient (Wildman–Crippen LogP) is 6.92. The zero-order valence-corrected chi connectivity index (χ0v) is 22.5. The average molecular weight is 457 g/mol. The number of ketones is 2. The van der Waals surface area contributed by atoms with Crippen LogP contribution in [0.3, 0.4) is 0 Å². The van der Waals surface area contributed by atoms with E-state index in [-0.39, 0.29) is 39.1 Å². The zero-order valence-electron chi connectivity index (χ0n) is 22.5. The zero-order chi connectivity index (χ0) is 24.6. The fourth-order valence-electron chi connectivity index (χ4n) is 9.16. The summed E-state index contributed by atoms with van der Waals surface area (Å²) in [4.78, 5) is 27.9. The number of aliphatic hydroxyl groups is 1. The number of hydrogen-bond acceptors (Lipinski definition) is 3. The highest BCUT2D eigenvalue weighted by atomic mass is 16.3. The van der Waals surface area contributed by atoms with Crippen molar-refractivity contribution in [3.8, 4) is 0 Å². The van der Waals surface area contributed by atoms with Crippen molar-refractivity contribution in [1.29, 1.82) is 0 Å². The van der Waals surface area contributed by atoms with Crippen LogP contribution in [-0.4, -0.2) is 22.8 Å². The maximum absolute atomic E-state index is 14.0. The van der Waals surface area contributed by atoms with E-state index in [1.165, 1.54) is 19.3 Å². The fourth-order valence-corrected chi connectivity index (χ4v) is 9.16.